The molecule has 1 saturated heterocycles. The zero-order valence-corrected chi connectivity index (χ0v) is 14.9. The highest BCUT2D eigenvalue weighted by Gasteiger charge is 2.48. The second kappa shape index (κ2) is 7.06. The third-order valence-electron chi connectivity index (χ3n) is 4.54. The average Bonchev–Trinajstić information content (AvgIpc) is 2.54. The summed E-state index contributed by atoms with van der Waals surface area (Å²) in [6, 6.07) is 3.43. The second-order valence-corrected chi connectivity index (χ2v) is 8.42. The van der Waals surface area contributed by atoms with Gasteiger partial charge in [-0.1, -0.05) is 0 Å². The molecule has 24 heavy (non-hydrogen) atoms. The zero-order chi connectivity index (χ0) is 18.0. The molecule has 0 bridgehead atoms. The maximum atomic E-state index is 13.5. The van der Waals surface area contributed by atoms with Gasteiger partial charge in [-0.2, -0.15) is 0 Å². The number of ether oxygens (including phenoxy) is 1. The number of hydrogen-bond acceptors (Lipinski definition) is 5. The van der Waals surface area contributed by atoms with Gasteiger partial charge in [0.2, 0.25) is 5.91 Å². The Balaban J connectivity index is 2.29. The van der Waals surface area contributed by atoms with Gasteiger partial charge >= 0.3 is 0 Å². The number of piperidine rings is 1. The summed E-state index contributed by atoms with van der Waals surface area (Å²) < 4.78 is 41.8. The summed E-state index contributed by atoms with van der Waals surface area (Å²) in [5.41, 5.74) is 0.462. The van der Waals surface area contributed by atoms with E-state index in [1.165, 1.54) is 25.3 Å². The number of halogens is 1. The number of methoxy groups -OCH3 is 1. The first-order valence-corrected chi connectivity index (χ1v) is 9.65. The van der Waals surface area contributed by atoms with Crippen LogP contribution in [0.2, 0.25) is 0 Å². The van der Waals surface area contributed by atoms with Crippen molar-refractivity contribution in [2.45, 2.75) is 30.6 Å². The Kier molecular flexibility index (Phi) is 5.49. The van der Waals surface area contributed by atoms with E-state index in [1.807, 2.05) is 0 Å². The van der Waals surface area contributed by atoms with E-state index in [0.717, 1.165) is 6.26 Å². The minimum Gasteiger partial charge on any atom is -0.496 e. The predicted octanol–water partition coefficient (Wildman–Crippen LogP) is 1.18. The fourth-order valence-electron chi connectivity index (χ4n) is 3.05. The van der Waals surface area contributed by atoms with Crippen LogP contribution in [0.15, 0.2) is 18.2 Å². The van der Waals surface area contributed by atoms with Crippen molar-refractivity contribution in [1.82, 2.24) is 10.6 Å². The van der Waals surface area contributed by atoms with Gasteiger partial charge in [-0.25, -0.2) is 12.8 Å². The fraction of sp³-hybridized carbons (Fsp3) is 0.562. The van der Waals surface area contributed by atoms with Crippen LogP contribution < -0.4 is 15.4 Å². The second-order valence-electron chi connectivity index (χ2n) is 6.10. The van der Waals surface area contributed by atoms with E-state index in [-0.39, 0.29) is 12.8 Å². The molecule has 0 radical (unpaired) electrons. The molecule has 0 aliphatic carbocycles. The monoisotopic (exact) mass is 358 g/mol. The summed E-state index contributed by atoms with van der Waals surface area (Å²) in [6.07, 6.45) is 1.51. The highest BCUT2D eigenvalue weighted by Crippen LogP contribution is 2.31. The van der Waals surface area contributed by atoms with Gasteiger partial charge in [-0.05, 0) is 51.1 Å². The molecule has 1 unspecified atom stereocenters. The number of rotatable bonds is 5. The minimum atomic E-state index is -3.60. The third kappa shape index (κ3) is 3.54. The maximum Gasteiger partial charge on any atom is 0.242 e. The minimum absolute atomic E-state index is 0.213. The molecule has 1 aliphatic rings. The maximum absolute atomic E-state index is 13.5. The smallest absolute Gasteiger partial charge is 0.242 e. The van der Waals surface area contributed by atoms with Gasteiger partial charge in [0.05, 0.1) is 13.2 Å². The number of carbonyl (C=O) groups excluding carboxylic acids is 1. The van der Waals surface area contributed by atoms with Crippen molar-refractivity contribution in [3.63, 3.8) is 0 Å². The quantitative estimate of drug-likeness (QED) is 0.826. The standard InChI is InChI=1S/C16H23FN2O4S/c1-11(13-10-12(17)4-5-14(13)23-2)19-15(20)16(24(3,21)22)6-8-18-9-7-16/h4-5,10-11,18H,6-9H2,1-3H3,(H,19,20). The number of benzene rings is 1. The Morgan fingerprint density at radius 2 is 2.00 bits per heavy atom. The SMILES string of the molecule is COc1ccc(F)cc1C(C)NC(=O)C1(S(C)(=O)=O)CCNCC1. The summed E-state index contributed by atoms with van der Waals surface area (Å²) in [5.74, 6) is -0.570. The van der Waals surface area contributed by atoms with E-state index in [2.05, 4.69) is 10.6 Å². The van der Waals surface area contributed by atoms with Crippen LogP contribution in [0.1, 0.15) is 31.4 Å². The zero-order valence-electron chi connectivity index (χ0n) is 14.1. The van der Waals surface area contributed by atoms with Gasteiger partial charge in [-0.15, -0.1) is 0 Å². The molecule has 8 heteroatoms. The molecule has 1 amide bonds. The van der Waals surface area contributed by atoms with E-state index in [1.54, 1.807) is 6.92 Å². The molecule has 1 heterocycles. The van der Waals surface area contributed by atoms with E-state index < -0.39 is 32.4 Å². The number of sulfone groups is 1. The van der Waals surface area contributed by atoms with Gasteiger partial charge in [0.15, 0.2) is 14.6 Å². The molecule has 1 aliphatic heterocycles. The van der Waals surface area contributed by atoms with Crippen molar-refractivity contribution in [2.24, 2.45) is 0 Å². The predicted molar refractivity (Wildman–Crippen MR) is 89.2 cm³/mol. The van der Waals surface area contributed by atoms with Crippen LogP contribution in [0.4, 0.5) is 4.39 Å². The molecule has 2 N–H and O–H groups in total. The molecule has 0 spiro atoms. The first kappa shape index (κ1) is 18.7. The van der Waals surface area contributed by atoms with Crippen molar-refractivity contribution in [3.8, 4) is 5.75 Å². The number of carbonyl (C=O) groups is 1. The molecule has 1 atom stereocenters. The lowest BCUT2D eigenvalue weighted by molar-refractivity contribution is -0.125. The average molecular weight is 358 g/mol. The third-order valence-corrected chi connectivity index (χ3v) is 6.55. The van der Waals surface area contributed by atoms with E-state index in [4.69, 9.17) is 4.74 Å². The summed E-state index contributed by atoms with van der Waals surface area (Å²) in [7, 11) is -2.14. The lowest BCUT2D eigenvalue weighted by Gasteiger charge is -2.35. The molecule has 134 valence electrons. The Labute approximate surface area is 141 Å². The first-order chi connectivity index (χ1) is 11.2. The molecule has 1 aromatic carbocycles. The van der Waals surface area contributed by atoms with Gasteiger partial charge in [-0.3, -0.25) is 4.79 Å². The molecule has 0 aromatic heterocycles. The summed E-state index contributed by atoms with van der Waals surface area (Å²) in [4.78, 5) is 12.8. The largest absolute Gasteiger partial charge is 0.496 e. The van der Waals surface area contributed by atoms with Gasteiger partial charge in [0, 0.05) is 11.8 Å². The van der Waals surface area contributed by atoms with Crippen molar-refractivity contribution >= 4 is 15.7 Å². The highest BCUT2D eigenvalue weighted by atomic mass is 32.2. The Hall–Kier alpha value is -1.67. The number of hydrogen-bond donors (Lipinski definition) is 2. The Bertz CT molecular complexity index is 715. The summed E-state index contributed by atoms with van der Waals surface area (Å²) in [5, 5.41) is 5.79. The van der Waals surface area contributed by atoms with Gasteiger partial charge < -0.3 is 15.4 Å². The van der Waals surface area contributed by atoms with E-state index >= 15 is 0 Å². The molecule has 0 saturated carbocycles. The van der Waals surface area contributed by atoms with E-state index in [9.17, 15) is 17.6 Å². The number of nitrogens with one attached hydrogen (secondary N) is 2. The molecule has 1 aromatic rings. The lowest BCUT2D eigenvalue weighted by Crippen LogP contribution is -2.57. The summed E-state index contributed by atoms with van der Waals surface area (Å²) >= 11 is 0. The lowest BCUT2D eigenvalue weighted by atomic mass is 9.95. The fourth-order valence-corrected chi connectivity index (χ4v) is 4.39. The molecule has 1 fully saturated rings. The topological polar surface area (TPSA) is 84.5 Å². The van der Waals surface area contributed by atoms with Crippen LogP contribution in [0.3, 0.4) is 0 Å². The Morgan fingerprint density at radius 1 is 1.38 bits per heavy atom. The first-order valence-electron chi connectivity index (χ1n) is 7.76. The van der Waals surface area contributed by atoms with Gasteiger partial charge in [0.1, 0.15) is 11.6 Å². The van der Waals surface area contributed by atoms with Crippen LogP contribution in [-0.4, -0.2) is 45.5 Å². The van der Waals surface area contributed by atoms with Crippen LogP contribution in [0.25, 0.3) is 0 Å². The van der Waals surface area contributed by atoms with Gasteiger partial charge in [0.25, 0.3) is 0 Å². The number of amides is 1. The van der Waals surface area contributed by atoms with Crippen molar-refractivity contribution in [1.29, 1.82) is 0 Å². The molecule has 6 nitrogen and oxygen atoms in total. The molecule has 2 rings (SSSR count). The van der Waals surface area contributed by atoms with Crippen molar-refractivity contribution in [2.75, 3.05) is 26.5 Å². The summed E-state index contributed by atoms with van der Waals surface area (Å²) in [6.45, 7) is 2.59. The van der Waals surface area contributed by atoms with Crippen LogP contribution in [0, 0.1) is 5.82 Å². The molecular formula is C16H23FN2O4S. The van der Waals surface area contributed by atoms with Crippen molar-refractivity contribution < 1.29 is 22.3 Å². The Morgan fingerprint density at radius 3 is 2.54 bits per heavy atom. The van der Waals surface area contributed by atoms with Crippen LogP contribution in [-0.2, 0) is 14.6 Å². The van der Waals surface area contributed by atoms with Crippen LogP contribution in [0.5, 0.6) is 5.75 Å². The highest BCUT2D eigenvalue weighted by molar-refractivity contribution is 7.92. The van der Waals surface area contributed by atoms with E-state index in [0.29, 0.717) is 24.4 Å². The van der Waals surface area contributed by atoms with Crippen LogP contribution >= 0.6 is 0 Å². The normalized spacial score (nSPS) is 18.7. The molecular weight excluding hydrogens is 335 g/mol. The van der Waals surface area contributed by atoms with Crippen molar-refractivity contribution in [3.05, 3.63) is 29.6 Å².